The summed E-state index contributed by atoms with van der Waals surface area (Å²) >= 11 is 6.55. The third-order valence-electron chi connectivity index (χ3n) is 7.67. The molecular formula is C36H22ClNO. The third kappa shape index (κ3) is 3.49. The third-order valence-corrected chi connectivity index (χ3v) is 7.91. The van der Waals surface area contributed by atoms with Crippen LogP contribution in [-0.2, 0) is 0 Å². The van der Waals surface area contributed by atoms with Crippen molar-refractivity contribution in [1.82, 2.24) is 4.57 Å². The van der Waals surface area contributed by atoms with Crippen LogP contribution < -0.4 is 0 Å². The molecular weight excluding hydrogens is 498 g/mol. The van der Waals surface area contributed by atoms with Crippen molar-refractivity contribution in [3.8, 4) is 27.9 Å². The first-order chi connectivity index (χ1) is 19.2. The summed E-state index contributed by atoms with van der Waals surface area (Å²) in [7, 11) is 0. The zero-order valence-corrected chi connectivity index (χ0v) is 21.7. The molecule has 3 heteroatoms. The summed E-state index contributed by atoms with van der Waals surface area (Å²) in [6, 6.07) is 46.8. The Morgan fingerprint density at radius 1 is 0.462 bits per heavy atom. The van der Waals surface area contributed by atoms with Crippen molar-refractivity contribution in [2.24, 2.45) is 0 Å². The average Bonchev–Trinajstić information content (AvgIpc) is 3.52. The van der Waals surface area contributed by atoms with Crippen LogP contribution in [0.3, 0.4) is 0 Å². The Kier molecular flexibility index (Phi) is 4.91. The van der Waals surface area contributed by atoms with Gasteiger partial charge in [0.25, 0.3) is 0 Å². The largest absolute Gasteiger partial charge is 0.456 e. The van der Waals surface area contributed by atoms with Gasteiger partial charge in [-0.25, -0.2) is 0 Å². The number of rotatable bonds is 3. The molecule has 184 valence electrons. The average molecular weight is 520 g/mol. The molecule has 8 rings (SSSR count). The molecule has 0 saturated heterocycles. The van der Waals surface area contributed by atoms with Crippen molar-refractivity contribution in [2.45, 2.75) is 0 Å². The van der Waals surface area contributed by atoms with Crippen LogP contribution in [0.2, 0.25) is 5.02 Å². The number of furan rings is 1. The van der Waals surface area contributed by atoms with Gasteiger partial charge in [-0.3, -0.25) is 0 Å². The Morgan fingerprint density at radius 2 is 1.13 bits per heavy atom. The Hall–Kier alpha value is -4.79. The van der Waals surface area contributed by atoms with E-state index in [9.17, 15) is 0 Å². The van der Waals surface area contributed by atoms with Crippen LogP contribution in [0.5, 0.6) is 0 Å². The maximum atomic E-state index is 6.55. The molecule has 0 aliphatic rings. The van der Waals surface area contributed by atoms with Gasteiger partial charge in [-0.05, 0) is 64.7 Å². The molecule has 0 unspecified atom stereocenters. The summed E-state index contributed by atoms with van der Waals surface area (Å²) in [5.41, 5.74) is 9.88. The molecule has 8 aromatic rings. The first kappa shape index (κ1) is 22.2. The van der Waals surface area contributed by atoms with Gasteiger partial charge in [-0.1, -0.05) is 103 Å². The first-order valence-corrected chi connectivity index (χ1v) is 13.4. The van der Waals surface area contributed by atoms with Gasteiger partial charge < -0.3 is 8.98 Å². The molecule has 0 N–H and O–H groups in total. The Bertz CT molecular complexity index is 2190. The topological polar surface area (TPSA) is 18.1 Å². The number of nitrogens with zero attached hydrogens (tertiary/aromatic N) is 1. The molecule has 0 radical (unpaired) electrons. The highest BCUT2D eigenvalue weighted by Crippen LogP contribution is 2.39. The number of hydrogen-bond donors (Lipinski definition) is 0. The predicted molar refractivity (Wildman–Crippen MR) is 164 cm³/mol. The van der Waals surface area contributed by atoms with Crippen molar-refractivity contribution in [3.63, 3.8) is 0 Å². The molecule has 0 spiro atoms. The van der Waals surface area contributed by atoms with Gasteiger partial charge in [0.15, 0.2) is 0 Å². The molecule has 2 nitrogen and oxygen atoms in total. The predicted octanol–water partition coefficient (Wildman–Crippen LogP) is 10.7. The minimum Gasteiger partial charge on any atom is -0.456 e. The molecule has 0 fully saturated rings. The normalized spacial score (nSPS) is 11.7. The lowest BCUT2D eigenvalue weighted by atomic mass is 9.94. The highest BCUT2D eigenvalue weighted by molar-refractivity contribution is 6.31. The lowest BCUT2D eigenvalue weighted by molar-refractivity contribution is 0.669. The number of aromatic nitrogens is 1. The lowest BCUT2D eigenvalue weighted by Gasteiger charge is -2.12. The zero-order valence-electron chi connectivity index (χ0n) is 20.9. The molecule has 2 heterocycles. The first-order valence-electron chi connectivity index (χ1n) is 13.0. The summed E-state index contributed by atoms with van der Waals surface area (Å²) in [6.07, 6.45) is 0. The van der Waals surface area contributed by atoms with E-state index in [4.69, 9.17) is 16.0 Å². The van der Waals surface area contributed by atoms with Crippen LogP contribution in [-0.4, -0.2) is 4.57 Å². The highest BCUT2D eigenvalue weighted by Gasteiger charge is 2.17. The number of benzene rings is 6. The fraction of sp³-hybridized carbons (Fsp3) is 0. The SMILES string of the molecule is Clc1ccc2c3ccc(-c4ccccc4-c4ccccc4)cc3n(-c3ccc4oc5ccccc5c4c3)c2c1. The van der Waals surface area contributed by atoms with E-state index in [0.29, 0.717) is 0 Å². The van der Waals surface area contributed by atoms with Crippen molar-refractivity contribution < 1.29 is 4.42 Å². The Labute approximate surface area is 230 Å². The van der Waals surface area contributed by atoms with Gasteiger partial charge in [0, 0.05) is 32.3 Å². The Morgan fingerprint density at radius 3 is 1.97 bits per heavy atom. The quantitative estimate of drug-likeness (QED) is 0.227. The van der Waals surface area contributed by atoms with E-state index in [1.54, 1.807) is 0 Å². The van der Waals surface area contributed by atoms with E-state index < -0.39 is 0 Å². The smallest absolute Gasteiger partial charge is 0.135 e. The summed E-state index contributed by atoms with van der Waals surface area (Å²) in [5.74, 6) is 0. The second-order valence-corrected chi connectivity index (χ2v) is 10.4. The number of hydrogen-bond acceptors (Lipinski definition) is 1. The minimum absolute atomic E-state index is 0.719. The van der Waals surface area contributed by atoms with E-state index in [-0.39, 0.29) is 0 Å². The van der Waals surface area contributed by atoms with Crippen molar-refractivity contribution in [1.29, 1.82) is 0 Å². The van der Waals surface area contributed by atoms with Gasteiger partial charge in [-0.15, -0.1) is 0 Å². The van der Waals surface area contributed by atoms with E-state index >= 15 is 0 Å². The van der Waals surface area contributed by atoms with E-state index in [0.717, 1.165) is 43.7 Å². The summed E-state index contributed by atoms with van der Waals surface area (Å²) in [6.45, 7) is 0. The number of fused-ring (bicyclic) bond motifs is 6. The number of halogens is 1. The minimum atomic E-state index is 0.719. The molecule has 39 heavy (non-hydrogen) atoms. The summed E-state index contributed by atoms with van der Waals surface area (Å²) in [4.78, 5) is 0. The van der Waals surface area contributed by atoms with E-state index in [1.807, 2.05) is 18.2 Å². The van der Waals surface area contributed by atoms with Crippen molar-refractivity contribution in [2.75, 3.05) is 0 Å². The van der Waals surface area contributed by atoms with Crippen LogP contribution in [0.25, 0.3) is 71.7 Å². The van der Waals surface area contributed by atoms with Crippen LogP contribution in [0.15, 0.2) is 138 Å². The zero-order chi connectivity index (χ0) is 25.9. The molecule has 6 aromatic carbocycles. The summed E-state index contributed by atoms with van der Waals surface area (Å²) in [5, 5.41) is 5.31. The Balaban J connectivity index is 1.42. The molecule has 0 amide bonds. The maximum Gasteiger partial charge on any atom is 0.135 e. The standard InChI is InChI=1S/C36H22ClNO/c37-25-15-18-30-29-17-14-24(28-11-5-4-10-27(28)23-8-2-1-3-9-23)20-33(29)38(34(30)21-25)26-16-19-36-32(22-26)31-12-6-7-13-35(31)39-36/h1-22H. The van der Waals surface area contributed by atoms with Crippen LogP contribution in [0.4, 0.5) is 0 Å². The second kappa shape index (κ2) is 8.62. The fourth-order valence-electron chi connectivity index (χ4n) is 5.89. The van der Waals surface area contributed by atoms with Crippen molar-refractivity contribution >= 4 is 55.3 Å². The van der Waals surface area contributed by atoms with Gasteiger partial charge in [0.2, 0.25) is 0 Å². The van der Waals surface area contributed by atoms with E-state index in [1.165, 1.54) is 33.0 Å². The fourth-order valence-corrected chi connectivity index (χ4v) is 6.06. The van der Waals surface area contributed by atoms with Gasteiger partial charge in [0.1, 0.15) is 11.2 Å². The van der Waals surface area contributed by atoms with Gasteiger partial charge in [0.05, 0.1) is 11.0 Å². The molecule has 0 saturated carbocycles. The summed E-state index contributed by atoms with van der Waals surface area (Å²) < 4.78 is 8.45. The van der Waals surface area contributed by atoms with Gasteiger partial charge >= 0.3 is 0 Å². The lowest BCUT2D eigenvalue weighted by Crippen LogP contribution is -1.94. The number of para-hydroxylation sites is 1. The molecule has 2 aromatic heterocycles. The van der Waals surface area contributed by atoms with Crippen LogP contribution >= 0.6 is 11.6 Å². The van der Waals surface area contributed by atoms with E-state index in [2.05, 4.69) is 120 Å². The molecule has 0 atom stereocenters. The highest BCUT2D eigenvalue weighted by atomic mass is 35.5. The van der Waals surface area contributed by atoms with Crippen molar-refractivity contribution in [3.05, 3.63) is 138 Å². The van der Waals surface area contributed by atoms with Gasteiger partial charge in [-0.2, -0.15) is 0 Å². The monoisotopic (exact) mass is 519 g/mol. The van der Waals surface area contributed by atoms with Crippen LogP contribution in [0.1, 0.15) is 0 Å². The molecule has 0 aliphatic carbocycles. The van der Waals surface area contributed by atoms with Crippen LogP contribution in [0, 0.1) is 0 Å². The molecule has 0 bridgehead atoms. The maximum absolute atomic E-state index is 6.55. The second-order valence-electron chi connectivity index (χ2n) is 9.92. The molecule has 0 aliphatic heterocycles.